The Labute approximate surface area is 109 Å². The molecule has 18 heavy (non-hydrogen) atoms. The van der Waals surface area contributed by atoms with Gasteiger partial charge < -0.3 is 10.0 Å². The maximum atomic E-state index is 10.4. The second-order valence-electron chi connectivity index (χ2n) is 4.92. The van der Waals surface area contributed by atoms with Crippen LogP contribution in [-0.4, -0.2) is 24.7 Å². The molecule has 0 bridgehead atoms. The van der Waals surface area contributed by atoms with E-state index in [1.165, 1.54) is 22.4 Å². The van der Waals surface area contributed by atoms with Crippen molar-refractivity contribution in [2.24, 2.45) is 0 Å². The van der Waals surface area contributed by atoms with Gasteiger partial charge in [0.2, 0.25) is 0 Å². The molecule has 0 aliphatic rings. The Kier molecular flexibility index (Phi) is 5.20. The lowest BCUT2D eigenvalue weighted by Crippen LogP contribution is -2.20. The number of unbranched alkanes of at least 4 members (excludes halogenated alkanes) is 1. The number of carboxylic acids is 1. The van der Waals surface area contributed by atoms with Crippen molar-refractivity contribution in [1.29, 1.82) is 0 Å². The van der Waals surface area contributed by atoms with E-state index < -0.39 is 5.97 Å². The molecule has 0 spiro atoms. The third-order valence-corrected chi connectivity index (χ3v) is 3.57. The average molecular weight is 249 g/mol. The van der Waals surface area contributed by atoms with Crippen molar-refractivity contribution in [2.45, 2.75) is 40.0 Å². The minimum atomic E-state index is -0.708. The van der Waals surface area contributed by atoms with Gasteiger partial charge in [0.15, 0.2) is 0 Å². The number of aliphatic carboxylic acids is 1. The third kappa shape index (κ3) is 3.76. The number of aryl methyl sites for hydroxylation is 1. The molecular formula is C15H23NO2. The maximum absolute atomic E-state index is 10.4. The molecule has 1 aromatic rings. The third-order valence-electron chi connectivity index (χ3n) is 3.57. The number of carbonyl (C=O) groups is 1. The summed E-state index contributed by atoms with van der Waals surface area (Å²) in [4.78, 5) is 12.6. The highest BCUT2D eigenvalue weighted by atomic mass is 16.4. The van der Waals surface area contributed by atoms with Crippen LogP contribution in [0.5, 0.6) is 0 Å². The predicted molar refractivity (Wildman–Crippen MR) is 75.4 cm³/mol. The standard InChI is InChI=1S/C15H23NO2/c1-11-8-9-14(13(3)12(11)2)16(4)10-6-5-7-15(17)18/h8-9H,5-7,10H2,1-4H3,(H,17,18). The van der Waals surface area contributed by atoms with Crippen molar-refractivity contribution in [3.8, 4) is 0 Å². The van der Waals surface area contributed by atoms with Crippen molar-refractivity contribution in [3.05, 3.63) is 28.8 Å². The molecule has 1 aromatic carbocycles. The largest absolute Gasteiger partial charge is 0.481 e. The number of benzene rings is 1. The summed E-state index contributed by atoms with van der Waals surface area (Å²) in [5.41, 5.74) is 5.21. The molecule has 0 aliphatic heterocycles. The van der Waals surface area contributed by atoms with Crippen molar-refractivity contribution in [1.82, 2.24) is 0 Å². The van der Waals surface area contributed by atoms with Crippen molar-refractivity contribution in [2.75, 3.05) is 18.5 Å². The number of nitrogens with zero attached hydrogens (tertiary/aromatic N) is 1. The Morgan fingerprint density at radius 3 is 2.44 bits per heavy atom. The van der Waals surface area contributed by atoms with Gasteiger partial charge in [-0.05, 0) is 56.4 Å². The number of rotatable bonds is 6. The molecule has 1 N–H and O–H groups in total. The molecule has 0 heterocycles. The fourth-order valence-corrected chi connectivity index (χ4v) is 2.10. The van der Waals surface area contributed by atoms with Crippen molar-refractivity contribution >= 4 is 11.7 Å². The van der Waals surface area contributed by atoms with Gasteiger partial charge in [0.1, 0.15) is 0 Å². The zero-order chi connectivity index (χ0) is 13.7. The van der Waals surface area contributed by atoms with Gasteiger partial charge in [-0.2, -0.15) is 0 Å². The number of hydrogen-bond donors (Lipinski definition) is 1. The van der Waals surface area contributed by atoms with E-state index in [9.17, 15) is 4.79 Å². The second kappa shape index (κ2) is 6.43. The monoisotopic (exact) mass is 249 g/mol. The topological polar surface area (TPSA) is 40.5 Å². The zero-order valence-corrected chi connectivity index (χ0v) is 11.8. The van der Waals surface area contributed by atoms with Gasteiger partial charge in [0.05, 0.1) is 0 Å². The summed E-state index contributed by atoms with van der Waals surface area (Å²) in [7, 11) is 2.07. The molecule has 0 fully saturated rings. The Bertz CT molecular complexity index is 427. The van der Waals surface area contributed by atoms with Crippen LogP contribution >= 0.6 is 0 Å². The van der Waals surface area contributed by atoms with Crippen LogP contribution in [0.4, 0.5) is 5.69 Å². The first kappa shape index (κ1) is 14.6. The van der Waals surface area contributed by atoms with Gasteiger partial charge in [-0.25, -0.2) is 0 Å². The Morgan fingerprint density at radius 2 is 1.83 bits per heavy atom. The van der Waals surface area contributed by atoms with Gasteiger partial charge >= 0.3 is 5.97 Å². The maximum Gasteiger partial charge on any atom is 0.303 e. The summed E-state index contributed by atoms with van der Waals surface area (Å²) in [5.74, 6) is -0.708. The van der Waals surface area contributed by atoms with E-state index in [2.05, 4.69) is 44.9 Å². The summed E-state index contributed by atoms with van der Waals surface area (Å²) in [5, 5.41) is 8.59. The Hall–Kier alpha value is -1.51. The zero-order valence-electron chi connectivity index (χ0n) is 11.8. The number of carboxylic acid groups (broad SMARTS) is 1. The minimum absolute atomic E-state index is 0.264. The highest BCUT2D eigenvalue weighted by Gasteiger charge is 2.08. The molecule has 1 rings (SSSR count). The molecule has 0 saturated heterocycles. The Balaban J connectivity index is 2.59. The van der Waals surface area contributed by atoms with E-state index >= 15 is 0 Å². The lowest BCUT2D eigenvalue weighted by molar-refractivity contribution is -0.137. The van der Waals surface area contributed by atoms with Gasteiger partial charge in [0.25, 0.3) is 0 Å². The molecule has 0 atom stereocenters. The SMILES string of the molecule is Cc1ccc(N(C)CCCCC(=O)O)c(C)c1C. The molecule has 0 saturated carbocycles. The summed E-state index contributed by atoms with van der Waals surface area (Å²) >= 11 is 0. The first-order valence-electron chi connectivity index (χ1n) is 6.43. The van der Waals surface area contributed by atoms with Gasteiger partial charge in [-0.3, -0.25) is 4.79 Å². The highest BCUT2D eigenvalue weighted by molar-refractivity contribution is 5.66. The number of anilines is 1. The second-order valence-corrected chi connectivity index (χ2v) is 4.92. The molecule has 0 aromatic heterocycles. The number of hydrogen-bond acceptors (Lipinski definition) is 2. The van der Waals surface area contributed by atoms with Crippen molar-refractivity contribution in [3.63, 3.8) is 0 Å². The molecule has 100 valence electrons. The normalized spacial score (nSPS) is 10.4. The van der Waals surface area contributed by atoms with Crippen LogP contribution in [0, 0.1) is 20.8 Å². The molecule has 0 aliphatic carbocycles. The smallest absolute Gasteiger partial charge is 0.303 e. The van der Waals surface area contributed by atoms with Crippen LogP contribution in [-0.2, 0) is 4.79 Å². The first-order valence-corrected chi connectivity index (χ1v) is 6.43. The summed E-state index contributed by atoms with van der Waals surface area (Å²) in [6, 6.07) is 4.29. The summed E-state index contributed by atoms with van der Waals surface area (Å²) < 4.78 is 0. The lowest BCUT2D eigenvalue weighted by Gasteiger charge is -2.23. The molecule has 0 radical (unpaired) electrons. The first-order chi connectivity index (χ1) is 8.43. The quantitative estimate of drug-likeness (QED) is 0.786. The van der Waals surface area contributed by atoms with Crippen LogP contribution in [0.3, 0.4) is 0 Å². The fraction of sp³-hybridized carbons (Fsp3) is 0.533. The van der Waals surface area contributed by atoms with Crippen LogP contribution < -0.4 is 4.90 Å². The summed E-state index contributed by atoms with van der Waals surface area (Å²) in [6.07, 6.45) is 1.92. The van der Waals surface area contributed by atoms with E-state index in [1.54, 1.807) is 0 Å². The lowest BCUT2D eigenvalue weighted by atomic mass is 10.0. The highest BCUT2D eigenvalue weighted by Crippen LogP contribution is 2.24. The van der Waals surface area contributed by atoms with Gasteiger partial charge in [0, 0.05) is 25.7 Å². The Morgan fingerprint density at radius 1 is 1.17 bits per heavy atom. The molecule has 0 unspecified atom stereocenters. The molecule has 3 heteroatoms. The van der Waals surface area contributed by atoms with Crippen LogP contribution in [0.2, 0.25) is 0 Å². The van der Waals surface area contributed by atoms with E-state index in [0.717, 1.165) is 19.4 Å². The van der Waals surface area contributed by atoms with Gasteiger partial charge in [-0.15, -0.1) is 0 Å². The molecule has 0 amide bonds. The van der Waals surface area contributed by atoms with E-state index in [1.807, 2.05) is 0 Å². The van der Waals surface area contributed by atoms with E-state index in [4.69, 9.17) is 5.11 Å². The minimum Gasteiger partial charge on any atom is -0.481 e. The van der Waals surface area contributed by atoms with Crippen molar-refractivity contribution < 1.29 is 9.90 Å². The molecular weight excluding hydrogens is 226 g/mol. The van der Waals surface area contributed by atoms with Crippen LogP contribution in [0.15, 0.2) is 12.1 Å². The summed E-state index contributed by atoms with van der Waals surface area (Å²) in [6.45, 7) is 7.31. The predicted octanol–water partition coefficient (Wildman–Crippen LogP) is 3.30. The molecule has 3 nitrogen and oxygen atoms in total. The van der Waals surface area contributed by atoms with E-state index in [0.29, 0.717) is 0 Å². The van der Waals surface area contributed by atoms with E-state index in [-0.39, 0.29) is 6.42 Å². The van der Waals surface area contributed by atoms with Gasteiger partial charge in [-0.1, -0.05) is 6.07 Å². The fourth-order valence-electron chi connectivity index (χ4n) is 2.10. The van der Waals surface area contributed by atoms with Crippen LogP contribution in [0.1, 0.15) is 36.0 Å². The average Bonchev–Trinajstić information content (AvgIpc) is 2.31. The van der Waals surface area contributed by atoms with Crippen LogP contribution in [0.25, 0.3) is 0 Å².